The summed E-state index contributed by atoms with van der Waals surface area (Å²) in [5.74, 6) is -2.78. The van der Waals surface area contributed by atoms with E-state index in [0.717, 1.165) is 14.2 Å². The number of methoxy groups -OCH3 is 2. The lowest BCUT2D eigenvalue weighted by atomic mass is 10.1. The molecule has 0 radical (unpaired) electrons. The van der Waals surface area contributed by atoms with Gasteiger partial charge in [-0.2, -0.15) is 0 Å². The van der Waals surface area contributed by atoms with Gasteiger partial charge in [-0.3, -0.25) is 23.7 Å². The molecule has 13 heteroatoms. The molecular weight excluding hydrogens is 387 g/mol. The van der Waals surface area contributed by atoms with Crippen LogP contribution in [0.3, 0.4) is 0 Å². The van der Waals surface area contributed by atoms with Gasteiger partial charge in [-0.05, 0) is 0 Å². The normalized spacial score (nSPS) is 11.3. The van der Waals surface area contributed by atoms with Gasteiger partial charge in [0.1, 0.15) is 6.29 Å². The number of aldehydes is 1. The topological polar surface area (TPSA) is 185 Å². The quantitative estimate of drug-likeness (QED) is 0.163. The Morgan fingerprint density at radius 3 is 1.52 bits per heavy atom. The number of hydrogen-bond acceptors (Lipinski definition) is 8. The standard InChI is InChI=1S/C14H23N2O10P/c1-25-12(20)5-3-10(18)15-7-14(9-17,27(22,23)24)8-16-11(19)4-6-13(21)26-2/h9H,3-8H2,1-2H3,(H,15,18)(H,16,19)(H2,22,23,24). The van der Waals surface area contributed by atoms with Crippen molar-refractivity contribution in [3.05, 3.63) is 0 Å². The minimum atomic E-state index is -5.09. The van der Waals surface area contributed by atoms with Crippen LogP contribution in [0.4, 0.5) is 0 Å². The molecule has 0 aromatic rings. The summed E-state index contributed by atoms with van der Waals surface area (Å²) in [7, 11) is -2.82. The molecule has 12 nitrogen and oxygen atoms in total. The van der Waals surface area contributed by atoms with E-state index in [2.05, 4.69) is 20.1 Å². The first kappa shape index (κ1) is 24.7. The zero-order valence-corrected chi connectivity index (χ0v) is 15.8. The largest absolute Gasteiger partial charge is 0.469 e. The summed E-state index contributed by atoms with van der Waals surface area (Å²) < 4.78 is 20.5. The third-order valence-electron chi connectivity index (χ3n) is 3.55. The van der Waals surface area contributed by atoms with Crippen LogP contribution in [0.5, 0.6) is 0 Å². The van der Waals surface area contributed by atoms with Gasteiger partial charge in [-0.1, -0.05) is 0 Å². The monoisotopic (exact) mass is 410 g/mol. The third kappa shape index (κ3) is 8.76. The fourth-order valence-corrected chi connectivity index (χ4v) is 2.44. The van der Waals surface area contributed by atoms with E-state index in [1.807, 2.05) is 0 Å². The van der Waals surface area contributed by atoms with E-state index in [1.54, 1.807) is 0 Å². The molecule has 0 bridgehead atoms. The highest BCUT2D eigenvalue weighted by molar-refractivity contribution is 7.54. The highest BCUT2D eigenvalue weighted by atomic mass is 31.2. The molecule has 0 saturated heterocycles. The third-order valence-corrected chi connectivity index (χ3v) is 5.13. The summed E-state index contributed by atoms with van der Waals surface area (Å²) in [5.41, 5.74) is 0. The number of esters is 2. The van der Waals surface area contributed by atoms with Crippen LogP contribution in [0.2, 0.25) is 0 Å². The van der Waals surface area contributed by atoms with E-state index in [0.29, 0.717) is 0 Å². The summed E-state index contributed by atoms with van der Waals surface area (Å²) in [5, 5.41) is 1.90. The van der Waals surface area contributed by atoms with Gasteiger partial charge < -0.3 is 34.7 Å². The lowest BCUT2D eigenvalue weighted by molar-refractivity contribution is -0.142. The Bertz CT molecular complexity index is 579. The molecule has 2 amide bonds. The van der Waals surface area contributed by atoms with E-state index >= 15 is 0 Å². The van der Waals surface area contributed by atoms with Crippen LogP contribution in [0, 0.1) is 0 Å². The summed E-state index contributed by atoms with van der Waals surface area (Å²) in [6, 6.07) is 0. The number of ether oxygens (including phenoxy) is 2. The zero-order chi connectivity index (χ0) is 21.1. The molecule has 0 aliphatic rings. The first-order valence-electron chi connectivity index (χ1n) is 7.70. The first-order valence-corrected chi connectivity index (χ1v) is 9.31. The van der Waals surface area contributed by atoms with Crippen molar-refractivity contribution in [3.8, 4) is 0 Å². The fourth-order valence-electron chi connectivity index (χ4n) is 1.74. The number of rotatable bonds is 12. The minimum Gasteiger partial charge on any atom is -0.469 e. The molecular formula is C14H23N2O10P. The SMILES string of the molecule is COC(=O)CCC(=O)NCC(C=O)(CNC(=O)CCC(=O)OC)P(=O)(O)O. The fraction of sp³-hybridized carbons (Fsp3) is 0.643. The summed E-state index contributed by atoms with van der Waals surface area (Å²) >= 11 is 0. The Balaban J connectivity index is 4.87. The predicted octanol–water partition coefficient (Wildman–Crippen LogP) is -1.76. The van der Waals surface area contributed by atoms with Gasteiger partial charge in [0.2, 0.25) is 11.8 Å². The van der Waals surface area contributed by atoms with Crippen molar-refractivity contribution in [2.24, 2.45) is 0 Å². The molecule has 0 aromatic heterocycles. The van der Waals surface area contributed by atoms with Crippen molar-refractivity contribution in [2.75, 3.05) is 27.3 Å². The minimum absolute atomic E-state index is 0.0467. The Kier molecular flexibility index (Phi) is 10.4. The molecule has 0 aliphatic carbocycles. The number of amides is 2. The highest BCUT2D eigenvalue weighted by Gasteiger charge is 2.47. The second kappa shape index (κ2) is 11.4. The molecule has 27 heavy (non-hydrogen) atoms. The molecule has 0 fully saturated rings. The Morgan fingerprint density at radius 2 is 1.26 bits per heavy atom. The maximum absolute atomic E-state index is 11.7. The molecule has 0 unspecified atom stereocenters. The van der Waals surface area contributed by atoms with Crippen molar-refractivity contribution < 1.29 is 47.8 Å². The Hall–Kier alpha value is -2.30. The van der Waals surface area contributed by atoms with Gasteiger partial charge in [0, 0.05) is 25.9 Å². The number of hydrogen-bond donors (Lipinski definition) is 4. The maximum Gasteiger partial charge on any atom is 0.342 e. The molecule has 0 saturated carbocycles. The van der Waals surface area contributed by atoms with E-state index in [9.17, 15) is 38.3 Å². The molecule has 0 spiro atoms. The van der Waals surface area contributed by atoms with E-state index in [4.69, 9.17) is 0 Å². The molecule has 0 aliphatic heterocycles. The summed E-state index contributed by atoms with van der Waals surface area (Å²) in [6.45, 7) is -1.53. The molecule has 0 heterocycles. The smallest absolute Gasteiger partial charge is 0.342 e. The molecule has 4 N–H and O–H groups in total. The first-order chi connectivity index (χ1) is 12.5. The summed E-state index contributed by atoms with van der Waals surface area (Å²) in [6.07, 6.45) is -1.18. The van der Waals surface area contributed by atoms with Crippen LogP contribution in [-0.2, 0) is 38.0 Å². The molecule has 0 aromatic carbocycles. The van der Waals surface area contributed by atoms with Crippen molar-refractivity contribution in [1.82, 2.24) is 10.6 Å². The second-order valence-corrected chi connectivity index (χ2v) is 7.45. The number of carbonyl (C=O) groups excluding carboxylic acids is 5. The molecule has 0 rings (SSSR count). The van der Waals surface area contributed by atoms with Crippen molar-refractivity contribution >= 4 is 37.6 Å². The van der Waals surface area contributed by atoms with Gasteiger partial charge in [0.05, 0.1) is 27.1 Å². The van der Waals surface area contributed by atoms with Gasteiger partial charge in [0.15, 0.2) is 5.16 Å². The lowest BCUT2D eigenvalue weighted by Crippen LogP contribution is -2.51. The zero-order valence-electron chi connectivity index (χ0n) is 14.9. The summed E-state index contributed by atoms with van der Waals surface area (Å²) in [4.78, 5) is 75.7. The van der Waals surface area contributed by atoms with Gasteiger partial charge in [-0.15, -0.1) is 0 Å². The maximum atomic E-state index is 11.7. The predicted molar refractivity (Wildman–Crippen MR) is 89.4 cm³/mol. The van der Waals surface area contributed by atoms with Crippen LogP contribution < -0.4 is 10.6 Å². The second-order valence-electron chi connectivity index (χ2n) is 5.47. The lowest BCUT2D eigenvalue weighted by Gasteiger charge is -2.29. The van der Waals surface area contributed by atoms with E-state index < -0.39 is 49.6 Å². The number of nitrogens with one attached hydrogen (secondary N) is 2. The van der Waals surface area contributed by atoms with Gasteiger partial charge in [0.25, 0.3) is 0 Å². The van der Waals surface area contributed by atoms with E-state index in [-0.39, 0.29) is 32.0 Å². The van der Waals surface area contributed by atoms with E-state index in [1.165, 1.54) is 0 Å². The van der Waals surface area contributed by atoms with Crippen LogP contribution >= 0.6 is 7.60 Å². The highest BCUT2D eigenvalue weighted by Crippen LogP contribution is 2.48. The average Bonchev–Trinajstić information content (AvgIpc) is 2.63. The van der Waals surface area contributed by atoms with Crippen molar-refractivity contribution in [3.63, 3.8) is 0 Å². The van der Waals surface area contributed by atoms with Gasteiger partial charge in [-0.25, -0.2) is 0 Å². The molecule has 154 valence electrons. The van der Waals surface area contributed by atoms with Crippen LogP contribution in [0.15, 0.2) is 0 Å². The Morgan fingerprint density at radius 1 is 0.889 bits per heavy atom. The van der Waals surface area contributed by atoms with Crippen LogP contribution in [-0.4, -0.2) is 72.3 Å². The van der Waals surface area contributed by atoms with Crippen LogP contribution in [0.25, 0.3) is 0 Å². The van der Waals surface area contributed by atoms with Crippen molar-refractivity contribution in [2.45, 2.75) is 30.8 Å². The van der Waals surface area contributed by atoms with Crippen LogP contribution in [0.1, 0.15) is 25.7 Å². The Labute approximate surface area is 155 Å². The number of carbonyl (C=O) groups is 5. The molecule has 0 atom stereocenters. The van der Waals surface area contributed by atoms with Crippen molar-refractivity contribution in [1.29, 1.82) is 0 Å². The van der Waals surface area contributed by atoms with Gasteiger partial charge >= 0.3 is 19.5 Å². The average molecular weight is 410 g/mol.